The van der Waals surface area contributed by atoms with Crippen LogP contribution in [-0.4, -0.2) is 23.7 Å². The largest absolute Gasteiger partial charge is 0.443 e. The Morgan fingerprint density at radius 1 is 1.38 bits per heavy atom. The molecule has 0 saturated heterocycles. The van der Waals surface area contributed by atoms with E-state index in [1.165, 1.54) is 7.05 Å². The zero-order valence-electron chi connectivity index (χ0n) is 13.5. The minimum atomic E-state index is -1.55. The van der Waals surface area contributed by atoms with E-state index in [9.17, 15) is 19.3 Å². The minimum Gasteiger partial charge on any atom is -0.443 e. The molecule has 0 N–H and O–H groups in total. The molecule has 0 aliphatic carbocycles. The lowest BCUT2D eigenvalue weighted by Crippen LogP contribution is -2.34. The number of amides is 1. The quantitative estimate of drug-likeness (QED) is 0.618. The smallest absolute Gasteiger partial charge is 0.414 e. The molecule has 0 aliphatic rings. The van der Waals surface area contributed by atoms with Crippen LogP contribution >= 0.6 is 0 Å². The molecule has 0 unspecified atom stereocenters. The fourth-order valence-corrected chi connectivity index (χ4v) is 1.88. The zero-order chi connectivity index (χ0) is 18.7. The molecule has 1 amide bonds. The number of nitriles is 2. The maximum atomic E-state index is 13.8. The number of hydrogen-bond acceptors (Lipinski definition) is 6. The van der Waals surface area contributed by atoms with Crippen LogP contribution in [0.2, 0.25) is 0 Å². The lowest BCUT2D eigenvalue weighted by Gasteiger charge is -2.25. The number of carbonyl (C=O) groups excluding carboxylic acids is 1. The number of benzene rings is 1. The first kappa shape index (κ1) is 18.8. The summed E-state index contributed by atoms with van der Waals surface area (Å²) in [5, 5.41) is 29.3. The summed E-state index contributed by atoms with van der Waals surface area (Å²) in [7, 11) is 1.17. The van der Waals surface area contributed by atoms with Crippen molar-refractivity contribution in [3.05, 3.63) is 33.6 Å². The predicted octanol–water partition coefficient (Wildman–Crippen LogP) is 3.24. The number of hydrogen-bond donors (Lipinski definition) is 0. The van der Waals surface area contributed by atoms with Crippen molar-refractivity contribution < 1.29 is 18.8 Å². The highest BCUT2D eigenvalue weighted by Crippen LogP contribution is 2.37. The first-order chi connectivity index (χ1) is 11.0. The van der Waals surface area contributed by atoms with Gasteiger partial charge in [-0.15, -0.1) is 0 Å². The van der Waals surface area contributed by atoms with E-state index in [0.29, 0.717) is 0 Å². The van der Waals surface area contributed by atoms with E-state index >= 15 is 0 Å². The molecule has 126 valence electrons. The maximum Gasteiger partial charge on any atom is 0.414 e. The average molecular weight is 334 g/mol. The van der Waals surface area contributed by atoms with Crippen LogP contribution < -0.4 is 4.90 Å². The molecular formula is C15H15FN4O4. The normalized spacial score (nSPS) is 10.7. The fraction of sp³-hybridized carbons (Fsp3) is 0.400. The molecule has 1 aromatic carbocycles. The molecule has 1 aromatic rings. The number of nitrogens with zero attached hydrogens (tertiary/aromatic N) is 4. The van der Waals surface area contributed by atoms with E-state index in [2.05, 4.69) is 0 Å². The van der Waals surface area contributed by atoms with Crippen molar-refractivity contribution in [2.24, 2.45) is 0 Å². The molecule has 0 heterocycles. The van der Waals surface area contributed by atoms with Crippen molar-refractivity contribution in [2.75, 3.05) is 11.9 Å². The molecule has 0 fully saturated rings. The van der Waals surface area contributed by atoms with Crippen LogP contribution in [-0.2, 0) is 4.74 Å². The summed E-state index contributed by atoms with van der Waals surface area (Å²) in [5.41, 5.74) is -2.38. The zero-order valence-corrected chi connectivity index (χ0v) is 13.5. The van der Waals surface area contributed by atoms with Gasteiger partial charge in [-0.25, -0.2) is 9.18 Å². The van der Waals surface area contributed by atoms with Gasteiger partial charge in [-0.05, 0) is 26.8 Å². The second-order valence-corrected chi connectivity index (χ2v) is 5.85. The highest BCUT2D eigenvalue weighted by atomic mass is 19.1. The van der Waals surface area contributed by atoms with Crippen LogP contribution in [0.15, 0.2) is 12.1 Å². The molecule has 0 aromatic heterocycles. The van der Waals surface area contributed by atoms with Crippen molar-refractivity contribution in [2.45, 2.75) is 32.3 Å². The topological polar surface area (TPSA) is 120 Å². The van der Waals surface area contributed by atoms with E-state index < -0.39 is 45.3 Å². The monoisotopic (exact) mass is 334 g/mol. The predicted molar refractivity (Wildman–Crippen MR) is 81.7 cm³/mol. The molecule has 9 heteroatoms. The van der Waals surface area contributed by atoms with E-state index in [4.69, 9.17) is 15.3 Å². The van der Waals surface area contributed by atoms with Crippen molar-refractivity contribution in [3.8, 4) is 12.1 Å². The molecule has 0 saturated carbocycles. The van der Waals surface area contributed by atoms with Gasteiger partial charge in [-0.3, -0.25) is 15.0 Å². The third-order valence-corrected chi connectivity index (χ3v) is 2.86. The van der Waals surface area contributed by atoms with Crippen LogP contribution in [0.1, 0.15) is 32.3 Å². The number of halogens is 1. The molecule has 0 bridgehead atoms. The van der Waals surface area contributed by atoms with E-state index in [0.717, 1.165) is 17.0 Å². The van der Waals surface area contributed by atoms with Crippen molar-refractivity contribution in [1.29, 1.82) is 10.5 Å². The van der Waals surface area contributed by atoms with E-state index in [1.54, 1.807) is 32.9 Å². The average Bonchev–Trinajstić information content (AvgIpc) is 2.44. The summed E-state index contributed by atoms with van der Waals surface area (Å²) in [6.45, 7) is 4.81. The van der Waals surface area contributed by atoms with Gasteiger partial charge in [-0.1, -0.05) is 0 Å². The highest BCUT2D eigenvalue weighted by Gasteiger charge is 2.32. The highest BCUT2D eigenvalue weighted by molar-refractivity contribution is 5.91. The fourth-order valence-electron chi connectivity index (χ4n) is 1.88. The van der Waals surface area contributed by atoms with Crippen molar-refractivity contribution in [1.82, 2.24) is 0 Å². The summed E-state index contributed by atoms with van der Waals surface area (Å²) in [5.74, 6) is -2.47. The van der Waals surface area contributed by atoms with Gasteiger partial charge in [0, 0.05) is 13.1 Å². The third-order valence-electron chi connectivity index (χ3n) is 2.86. The molecule has 1 rings (SSSR count). The lowest BCUT2D eigenvalue weighted by molar-refractivity contribution is -0.384. The summed E-state index contributed by atoms with van der Waals surface area (Å²) < 4.78 is 18.9. The lowest BCUT2D eigenvalue weighted by atomic mass is 9.98. The number of rotatable bonds is 3. The molecule has 24 heavy (non-hydrogen) atoms. The number of nitro groups is 1. The van der Waals surface area contributed by atoms with Crippen molar-refractivity contribution in [3.63, 3.8) is 0 Å². The van der Waals surface area contributed by atoms with Gasteiger partial charge in [0.2, 0.25) is 0 Å². The molecular weight excluding hydrogens is 319 g/mol. The van der Waals surface area contributed by atoms with Crippen LogP contribution in [0, 0.1) is 38.6 Å². The van der Waals surface area contributed by atoms with E-state index in [1.807, 2.05) is 0 Å². The van der Waals surface area contributed by atoms with Gasteiger partial charge in [0.25, 0.3) is 5.69 Å². The van der Waals surface area contributed by atoms with E-state index in [-0.39, 0.29) is 0 Å². The Morgan fingerprint density at radius 3 is 2.33 bits per heavy atom. The minimum absolute atomic E-state index is 0.403. The summed E-state index contributed by atoms with van der Waals surface area (Å²) >= 11 is 0. The van der Waals surface area contributed by atoms with Crippen LogP contribution in [0.25, 0.3) is 0 Å². The van der Waals surface area contributed by atoms with Gasteiger partial charge in [-0.2, -0.15) is 10.5 Å². The maximum absolute atomic E-state index is 13.8. The first-order valence-electron chi connectivity index (χ1n) is 6.75. The Hall–Kier alpha value is -3.20. The van der Waals surface area contributed by atoms with Crippen LogP contribution in [0.4, 0.5) is 20.6 Å². The van der Waals surface area contributed by atoms with Crippen LogP contribution in [0.5, 0.6) is 0 Å². The third kappa shape index (κ3) is 4.17. The molecule has 8 nitrogen and oxygen atoms in total. The summed E-state index contributed by atoms with van der Waals surface area (Å²) in [4.78, 5) is 23.4. The van der Waals surface area contributed by atoms with Gasteiger partial charge >= 0.3 is 6.09 Å². The Bertz CT molecular complexity index is 744. The second-order valence-electron chi connectivity index (χ2n) is 5.85. The Morgan fingerprint density at radius 2 is 1.92 bits per heavy atom. The van der Waals surface area contributed by atoms with Gasteiger partial charge < -0.3 is 4.74 Å². The Kier molecular flexibility index (Phi) is 5.43. The van der Waals surface area contributed by atoms with Gasteiger partial charge in [0.05, 0.1) is 22.6 Å². The first-order valence-corrected chi connectivity index (χ1v) is 6.75. The molecule has 0 aliphatic heterocycles. The van der Waals surface area contributed by atoms with Crippen LogP contribution in [0.3, 0.4) is 0 Å². The Labute approximate surface area is 137 Å². The number of anilines is 1. The standard InChI is InChI=1S/C15H15FN4O4/c1-15(2,3)24-14(21)19(4)12-6-10(16)5-11(9(7-17)8-18)13(12)20(22)23/h5-6,9H,1-4H3. The number of nitro benzene ring substituents is 1. The number of ether oxygens (including phenoxy) is 1. The Balaban J connectivity index is 3.54. The molecule has 0 radical (unpaired) electrons. The summed E-state index contributed by atoms with van der Waals surface area (Å²) in [6.07, 6.45) is -0.937. The van der Waals surface area contributed by atoms with Crippen molar-refractivity contribution >= 4 is 17.5 Å². The SMILES string of the molecule is CN(C(=O)OC(C)(C)C)c1cc(F)cc(C(C#N)C#N)c1[N+](=O)[O-]. The second kappa shape index (κ2) is 6.92. The van der Waals surface area contributed by atoms with Gasteiger partial charge in [0.1, 0.15) is 17.1 Å². The molecule has 0 spiro atoms. The number of carbonyl (C=O) groups is 1. The summed E-state index contributed by atoms with van der Waals surface area (Å²) in [6, 6.07) is 4.63. The van der Waals surface area contributed by atoms with Gasteiger partial charge in [0.15, 0.2) is 5.92 Å². The molecule has 0 atom stereocenters.